The number of hydrogen-bond acceptors (Lipinski definition) is 6. The highest BCUT2D eigenvalue weighted by atomic mass is 79.9. The predicted octanol–water partition coefficient (Wildman–Crippen LogP) is 5.08. The average molecular weight is 600 g/mol. The molecule has 0 saturated heterocycles. The third kappa shape index (κ3) is 7.42. The first-order valence-corrected chi connectivity index (χ1v) is 13.1. The number of ether oxygens (including phenoxy) is 2. The fraction of sp³-hybridized carbons (Fsp3) is 0.0968. The van der Waals surface area contributed by atoms with Gasteiger partial charge in [0.25, 0.3) is 5.91 Å². The van der Waals surface area contributed by atoms with E-state index < -0.39 is 17.8 Å². The SMILES string of the molecule is COc1cc(C=NNC(=O)CNC(=O)C(c2ccccc2)c2ccccc2)ccc1OC(=O)c1ccccc1Br. The van der Waals surface area contributed by atoms with E-state index in [0.29, 0.717) is 21.3 Å². The maximum Gasteiger partial charge on any atom is 0.344 e. The molecule has 8 nitrogen and oxygen atoms in total. The zero-order valence-electron chi connectivity index (χ0n) is 21.5. The Labute approximate surface area is 240 Å². The Kier molecular flexibility index (Phi) is 9.79. The van der Waals surface area contributed by atoms with Gasteiger partial charge in [0, 0.05) is 4.47 Å². The monoisotopic (exact) mass is 599 g/mol. The molecule has 4 aromatic carbocycles. The summed E-state index contributed by atoms with van der Waals surface area (Å²) in [4.78, 5) is 38.0. The molecule has 0 aliphatic rings. The number of benzene rings is 4. The normalized spacial score (nSPS) is 10.8. The van der Waals surface area contributed by atoms with Crippen molar-refractivity contribution in [2.45, 2.75) is 5.92 Å². The molecular formula is C31H26BrN3O5. The van der Waals surface area contributed by atoms with Crippen molar-refractivity contribution in [2.75, 3.05) is 13.7 Å². The standard InChI is InChI=1S/C31H26BrN3O5/c1-39-27-18-21(16-17-26(27)40-31(38)24-14-8-9-15-25(24)32)19-34-35-28(36)20-33-30(37)29(22-10-4-2-5-11-22)23-12-6-3-7-13-23/h2-19,29H,20H2,1H3,(H,33,37)(H,35,36). The molecule has 0 fully saturated rings. The Balaban J connectivity index is 1.34. The number of methoxy groups -OCH3 is 1. The molecule has 0 heterocycles. The van der Waals surface area contributed by atoms with E-state index in [1.807, 2.05) is 60.7 Å². The van der Waals surface area contributed by atoms with Crippen LogP contribution in [0.1, 0.15) is 33.0 Å². The van der Waals surface area contributed by atoms with E-state index in [2.05, 4.69) is 31.8 Å². The number of carbonyl (C=O) groups excluding carboxylic acids is 3. The first kappa shape index (κ1) is 28.3. The minimum atomic E-state index is -0.554. The number of nitrogens with zero attached hydrogens (tertiary/aromatic N) is 1. The van der Waals surface area contributed by atoms with Crippen molar-refractivity contribution in [1.82, 2.24) is 10.7 Å². The van der Waals surface area contributed by atoms with Crippen LogP contribution in [0.3, 0.4) is 0 Å². The van der Waals surface area contributed by atoms with E-state index >= 15 is 0 Å². The number of hydrogen-bond donors (Lipinski definition) is 2. The number of esters is 1. The summed E-state index contributed by atoms with van der Waals surface area (Å²) in [5.41, 5.74) is 5.02. The molecule has 202 valence electrons. The third-order valence-corrected chi connectivity index (χ3v) is 6.53. The lowest BCUT2D eigenvalue weighted by Crippen LogP contribution is -2.37. The van der Waals surface area contributed by atoms with Gasteiger partial charge in [0.15, 0.2) is 11.5 Å². The van der Waals surface area contributed by atoms with Crippen molar-refractivity contribution < 1.29 is 23.9 Å². The minimum absolute atomic E-state index is 0.235. The van der Waals surface area contributed by atoms with Crippen LogP contribution in [-0.4, -0.2) is 37.7 Å². The van der Waals surface area contributed by atoms with Gasteiger partial charge in [-0.2, -0.15) is 5.10 Å². The molecular weight excluding hydrogens is 574 g/mol. The molecule has 0 radical (unpaired) electrons. The topological polar surface area (TPSA) is 106 Å². The fourth-order valence-corrected chi connectivity index (χ4v) is 4.35. The number of halogens is 1. The van der Waals surface area contributed by atoms with Crippen LogP contribution in [0.25, 0.3) is 0 Å². The van der Waals surface area contributed by atoms with Gasteiger partial charge in [-0.25, -0.2) is 10.2 Å². The minimum Gasteiger partial charge on any atom is -0.493 e. The molecule has 0 aliphatic heterocycles. The summed E-state index contributed by atoms with van der Waals surface area (Å²) >= 11 is 3.34. The van der Waals surface area contributed by atoms with E-state index in [9.17, 15) is 14.4 Å². The van der Waals surface area contributed by atoms with Crippen LogP contribution in [0.15, 0.2) is 113 Å². The van der Waals surface area contributed by atoms with Crippen LogP contribution in [0.4, 0.5) is 0 Å². The maximum atomic E-state index is 13.1. The van der Waals surface area contributed by atoms with Crippen molar-refractivity contribution in [3.8, 4) is 11.5 Å². The van der Waals surface area contributed by atoms with E-state index in [0.717, 1.165) is 11.1 Å². The van der Waals surface area contributed by atoms with Gasteiger partial charge in [0.2, 0.25) is 5.91 Å². The Bertz CT molecular complexity index is 1470. The van der Waals surface area contributed by atoms with Crippen LogP contribution in [-0.2, 0) is 9.59 Å². The first-order chi connectivity index (χ1) is 19.5. The van der Waals surface area contributed by atoms with Gasteiger partial charge in [-0.05, 0) is 63.0 Å². The summed E-state index contributed by atoms with van der Waals surface area (Å²) in [6.45, 7) is -0.250. The van der Waals surface area contributed by atoms with E-state index in [1.165, 1.54) is 13.3 Å². The van der Waals surface area contributed by atoms with E-state index in [-0.39, 0.29) is 18.2 Å². The van der Waals surface area contributed by atoms with Gasteiger partial charge in [0.05, 0.1) is 31.4 Å². The Morgan fingerprint density at radius 1 is 0.850 bits per heavy atom. The summed E-state index contributed by atoms with van der Waals surface area (Å²) in [6.07, 6.45) is 1.42. The van der Waals surface area contributed by atoms with Crippen LogP contribution in [0.2, 0.25) is 0 Å². The summed E-state index contributed by atoms with van der Waals surface area (Å²) < 4.78 is 11.5. The maximum absolute atomic E-state index is 13.1. The first-order valence-electron chi connectivity index (χ1n) is 12.3. The predicted molar refractivity (Wildman–Crippen MR) is 156 cm³/mol. The molecule has 0 bridgehead atoms. The highest BCUT2D eigenvalue weighted by molar-refractivity contribution is 9.10. The van der Waals surface area contributed by atoms with Gasteiger partial charge in [-0.15, -0.1) is 0 Å². The Morgan fingerprint density at radius 3 is 2.10 bits per heavy atom. The summed E-state index contributed by atoms with van der Waals surface area (Å²) in [6, 6.07) is 30.5. The van der Waals surface area contributed by atoms with Crippen LogP contribution in [0, 0.1) is 0 Å². The second kappa shape index (κ2) is 13.9. The Hall–Kier alpha value is -4.76. The highest BCUT2D eigenvalue weighted by Crippen LogP contribution is 2.29. The molecule has 0 aromatic heterocycles. The largest absolute Gasteiger partial charge is 0.493 e. The zero-order valence-corrected chi connectivity index (χ0v) is 23.1. The lowest BCUT2D eigenvalue weighted by molar-refractivity contribution is -0.126. The lowest BCUT2D eigenvalue weighted by atomic mass is 9.90. The molecule has 0 spiro atoms. The van der Waals surface area contributed by atoms with Crippen molar-refractivity contribution in [1.29, 1.82) is 0 Å². The van der Waals surface area contributed by atoms with Crippen LogP contribution in [0.5, 0.6) is 11.5 Å². The van der Waals surface area contributed by atoms with Crippen molar-refractivity contribution in [3.05, 3.63) is 130 Å². The van der Waals surface area contributed by atoms with Crippen molar-refractivity contribution in [2.24, 2.45) is 5.10 Å². The molecule has 2 N–H and O–H groups in total. The van der Waals surface area contributed by atoms with Crippen LogP contribution >= 0.6 is 15.9 Å². The summed E-state index contributed by atoms with van der Waals surface area (Å²) in [5.74, 6) is -1.33. The second-order valence-electron chi connectivity index (χ2n) is 8.55. The Morgan fingerprint density at radius 2 is 1.48 bits per heavy atom. The van der Waals surface area contributed by atoms with E-state index in [1.54, 1.807) is 42.5 Å². The van der Waals surface area contributed by atoms with E-state index in [4.69, 9.17) is 9.47 Å². The quantitative estimate of drug-likeness (QED) is 0.114. The molecule has 4 rings (SSSR count). The number of rotatable bonds is 10. The fourth-order valence-electron chi connectivity index (χ4n) is 3.90. The molecule has 0 saturated carbocycles. The van der Waals surface area contributed by atoms with Gasteiger partial charge in [-0.1, -0.05) is 72.8 Å². The highest BCUT2D eigenvalue weighted by Gasteiger charge is 2.22. The smallest absolute Gasteiger partial charge is 0.344 e. The molecule has 40 heavy (non-hydrogen) atoms. The average Bonchev–Trinajstić information content (AvgIpc) is 2.98. The number of amides is 2. The van der Waals surface area contributed by atoms with Gasteiger partial charge < -0.3 is 14.8 Å². The number of nitrogens with one attached hydrogen (secondary N) is 2. The van der Waals surface area contributed by atoms with Crippen LogP contribution < -0.4 is 20.2 Å². The van der Waals surface area contributed by atoms with Gasteiger partial charge in [0.1, 0.15) is 0 Å². The summed E-state index contributed by atoms with van der Waals surface area (Å²) in [7, 11) is 1.45. The lowest BCUT2D eigenvalue weighted by Gasteiger charge is -2.17. The van der Waals surface area contributed by atoms with Crippen molar-refractivity contribution >= 4 is 39.9 Å². The second-order valence-corrected chi connectivity index (χ2v) is 9.40. The van der Waals surface area contributed by atoms with Gasteiger partial charge >= 0.3 is 5.97 Å². The summed E-state index contributed by atoms with van der Waals surface area (Å²) in [5, 5.41) is 6.65. The molecule has 2 amide bonds. The molecule has 4 aromatic rings. The molecule has 0 aliphatic carbocycles. The zero-order chi connectivity index (χ0) is 28.3. The number of hydrazone groups is 1. The molecule has 0 atom stereocenters. The third-order valence-electron chi connectivity index (χ3n) is 5.84. The van der Waals surface area contributed by atoms with Gasteiger partial charge in [-0.3, -0.25) is 9.59 Å². The molecule has 0 unspecified atom stereocenters. The van der Waals surface area contributed by atoms with Crippen molar-refractivity contribution in [3.63, 3.8) is 0 Å². The number of carbonyl (C=O) groups is 3. The molecule has 9 heteroatoms.